The zero-order valence-electron chi connectivity index (χ0n) is 21.7. The summed E-state index contributed by atoms with van der Waals surface area (Å²) < 4.78 is 24.2. The quantitative estimate of drug-likeness (QED) is 0.358. The average molecular weight is 529 g/mol. The predicted octanol–water partition coefficient (Wildman–Crippen LogP) is 5.78. The predicted molar refractivity (Wildman–Crippen MR) is 147 cm³/mol. The van der Waals surface area contributed by atoms with Crippen molar-refractivity contribution in [3.63, 3.8) is 0 Å². The van der Waals surface area contributed by atoms with Crippen LogP contribution in [0, 0.1) is 11.3 Å². The topological polar surface area (TPSA) is 103 Å². The number of carbonyl (C=O) groups is 1. The van der Waals surface area contributed by atoms with Crippen LogP contribution in [0.2, 0.25) is 0 Å². The molecule has 1 amide bonds. The van der Waals surface area contributed by atoms with Gasteiger partial charge in [-0.25, -0.2) is 13.4 Å². The standard InChI is InChI=1S/C30H32N4O3S/c1-3-38(36,37)27-11-8-22(9-12-27)28(14-15-31)33-30(35)23-10-13-29(32-19-23)34(2)26-17-24(20-4-5-20)16-25(18-26)21-6-7-21/h8-13,16-21,28H,3-7,14H2,1-2H3,(H,33,35)/t28-/m0/s1. The Morgan fingerprint density at radius 3 is 2.18 bits per heavy atom. The summed E-state index contributed by atoms with van der Waals surface area (Å²) in [7, 11) is -1.33. The molecule has 0 aliphatic heterocycles. The van der Waals surface area contributed by atoms with Gasteiger partial charge in [-0.05, 0) is 90.6 Å². The van der Waals surface area contributed by atoms with Crippen LogP contribution in [-0.4, -0.2) is 32.1 Å². The van der Waals surface area contributed by atoms with Crippen molar-refractivity contribution in [1.29, 1.82) is 5.26 Å². The van der Waals surface area contributed by atoms with Gasteiger partial charge in [0.05, 0.1) is 34.7 Å². The molecule has 0 saturated heterocycles. The van der Waals surface area contributed by atoms with Crippen molar-refractivity contribution in [2.24, 2.45) is 0 Å². The van der Waals surface area contributed by atoms with Crippen molar-refractivity contribution in [1.82, 2.24) is 10.3 Å². The molecule has 0 spiro atoms. The first-order valence-corrected chi connectivity index (χ1v) is 14.8. The fourth-order valence-corrected chi connectivity index (χ4v) is 5.55. The molecule has 0 radical (unpaired) electrons. The minimum atomic E-state index is -3.32. The lowest BCUT2D eigenvalue weighted by molar-refractivity contribution is 0.0937. The summed E-state index contributed by atoms with van der Waals surface area (Å²) in [5, 5.41) is 12.2. The van der Waals surface area contributed by atoms with Crippen LogP contribution in [0.5, 0.6) is 0 Å². The van der Waals surface area contributed by atoms with Crippen LogP contribution >= 0.6 is 0 Å². The molecular weight excluding hydrogens is 496 g/mol. The van der Waals surface area contributed by atoms with Crippen LogP contribution in [0.1, 0.15) is 84.0 Å². The molecule has 2 aliphatic rings. The van der Waals surface area contributed by atoms with Crippen LogP contribution in [0.3, 0.4) is 0 Å². The van der Waals surface area contributed by atoms with Crippen molar-refractivity contribution in [2.75, 3.05) is 17.7 Å². The van der Waals surface area contributed by atoms with E-state index in [1.54, 1.807) is 31.3 Å². The van der Waals surface area contributed by atoms with Gasteiger partial charge in [-0.3, -0.25) is 4.79 Å². The molecule has 38 heavy (non-hydrogen) atoms. The van der Waals surface area contributed by atoms with E-state index in [1.807, 2.05) is 13.1 Å². The highest BCUT2D eigenvalue weighted by Gasteiger charge is 2.29. The Morgan fingerprint density at radius 1 is 1.05 bits per heavy atom. The summed E-state index contributed by atoms with van der Waals surface area (Å²) in [6, 6.07) is 18.3. The molecule has 8 heteroatoms. The van der Waals surface area contributed by atoms with Crippen LogP contribution in [0.15, 0.2) is 65.7 Å². The van der Waals surface area contributed by atoms with Gasteiger partial charge >= 0.3 is 0 Å². The minimum Gasteiger partial charge on any atom is -0.344 e. The van der Waals surface area contributed by atoms with E-state index in [9.17, 15) is 18.5 Å². The van der Waals surface area contributed by atoms with E-state index in [2.05, 4.69) is 39.5 Å². The van der Waals surface area contributed by atoms with Gasteiger partial charge in [0.1, 0.15) is 5.82 Å². The fraction of sp³-hybridized carbons (Fsp3) is 0.367. The summed E-state index contributed by atoms with van der Waals surface area (Å²) in [4.78, 5) is 19.9. The van der Waals surface area contributed by atoms with Gasteiger partial charge in [0.15, 0.2) is 9.84 Å². The third-order valence-corrected chi connectivity index (χ3v) is 9.17. The molecule has 1 heterocycles. The lowest BCUT2D eigenvalue weighted by Crippen LogP contribution is -2.28. The van der Waals surface area contributed by atoms with E-state index in [0.29, 0.717) is 23.0 Å². The Bertz CT molecular complexity index is 1440. The van der Waals surface area contributed by atoms with Crippen molar-refractivity contribution in [2.45, 2.75) is 61.8 Å². The Hall–Kier alpha value is -3.70. The number of benzene rings is 2. The van der Waals surface area contributed by atoms with Crippen LogP contribution in [-0.2, 0) is 9.84 Å². The van der Waals surface area contributed by atoms with Gasteiger partial charge < -0.3 is 10.2 Å². The number of pyridine rings is 1. The molecule has 7 nitrogen and oxygen atoms in total. The number of nitriles is 1. The fourth-order valence-electron chi connectivity index (χ4n) is 4.67. The second kappa shape index (κ2) is 10.6. The van der Waals surface area contributed by atoms with Gasteiger partial charge in [0.2, 0.25) is 0 Å². The largest absolute Gasteiger partial charge is 0.344 e. The molecule has 0 unspecified atom stereocenters. The number of rotatable bonds is 10. The first kappa shape index (κ1) is 25.9. The maximum atomic E-state index is 13.0. The number of sulfone groups is 1. The van der Waals surface area contributed by atoms with E-state index >= 15 is 0 Å². The Labute approximate surface area is 224 Å². The number of hydrogen-bond donors (Lipinski definition) is 1. The smallest absolute Gasteiger partial charge is 0.253 e. The first-order valence-electron chi connectivity index (χ1n) is 13.1. The number of amides is 1. The molecule has 196 valence electrons. The third kappa shape index (κ3) is 5.73. The summed E-state index contributed by atoms with van der Waals surface area (Å²) in [6.45, 7) is 1.59. The van der Waals surface area contributed by atoms with E-state index in [4.69, 9.17) is 0 Å². The first-order chi connectivity index (χ1) is 18.3. The average Bonchev–Trinajstić information content (AvgIpc) is 3.85. The number of nitrogens with one attached hydrogen (secondary N) is 1. The van der Waals surface area contributed by atoms with Gasteiger partial charge in [-0.2, -0.15) is 5.26 Å². The monoisotopic (exact) mass is 528 g/mol. The highest BCUT2D eigenvalue weighted by atomic mass is 32.2. The minimum absolute atomic E-state index is 0.0104. The van der Waals surface area contributed by atoms with Crippen LogP contribution in [0.4, 0.5) is 11.5 Å². The molecule has 2 fully saturated rings. The van der Waals surface area contributed by atoms with Crippen molar-refractivity contribution >= 4 is 27.2 Å². The van der Waals surface area contributed by atoms with E-state index in [-0.39, 0.29) is 23.0 Å². The maximum absolute atomic E-state index is 13.0. The SMILES string of the molecule is CCS(=O)(=O)c1ccc([C@H](CC#N)NC(=O)c2ccc(N(C)c3cc(C4CC4)cc(C4CC4)c3)nc2)cc1. The molecule has 2 saturated carbocycles. The molecule has 2 aromatic carbocycles. The van der Waals surface area contributed by atoms with Gasteiger partial charge in [-0.15, -0.1) is 0 Å². The number of aromatic nitrogens is 1. The Balaban J connectivity index is 1.30. The highest BCUT2D eigenvalue weighted by molar-refractivity contribution is 7.91. The molecule has 5 rings (SSSR count). The summed E-state index contributed by atoms with van der Waals surface area (Å²) in [6.07, 6.45) is 6.64. The molecule has 3 aromatic rings. The number of carbonyl (C=O) groups excluding carboxylic acids is 1. The summed E-state index contributed by atoms with van der Waals surface area (Å²) in [5.74, 6) is 1.76. The number of hydrogen-bond acceptors (Lipinski definition) is 6. The lowest BCUT2D eigenvalue weighted by Gasteiger charge is -2.21. The van der Waals surface area contributed by atoms with Crippen molar-refractivity contribution < 1.29 is 13.2 Å². The van der Waals surface area contributed by atoms with Gasteiger partial charge in [-0.1, -0.05) is 25.1 Å². The molecule has 1 atom stereocenters. The second-order valence-electron chi connectivity index (χ2n) is 10.2. The number of anilines is 2. The van der Waals surface area contributed by atoms with Crippen LogP contribution in [0.25, 0.3) is 0 Å². The molecule has 0 bridgehead atoms. The summed E-state index contributed by atoms with van der Waals surface area (Å²) >= 11 is 0. The highest BCUT2D eigenvalue weighted by Crippen LogP contribution is 2.46. The van der Waals surface area contributed by atoms with E-state index < -0.39 is 15.9 Å². The van der Waals surface area contributed by atoms with Gasteiger partial charge in [0.25, 0.3) is 5.91 Å². The Kier molecular flexibility index (Phi) is 7.22. The lowest BCUT2D eigenvalue weighted by atomic mass is 10.0. The maximum Gasteiger partial charge on any atom is 0.253 e. The van der Waals surface area contributed by atoms with E-state index in [1.165, 1.54) is 48.9 Å². The van der Waals surface area contributed by atoms with Gasteiger partial charge in [0, 0.05) is 18.9 Å². The van der Waals surface area contributed by atoms with Crippen molar-refractivity contribution in [3.8, 4) is 6.07 Å². The Morgan fingerprint density at radius 2 is 1.68 bits per heavy atom. The second-order valence-corrected chi connectivity index (χ2v) is 12.5. The third-order valence-electron chi connectivity index (χ3n) is 7.42. The zero-order chi connectivity index (χ0) is 26.9. The summed E-state index contributed by atoms with van der Waals surface area (Å²) in [5.41, 5.74) is 5.00. The normalized spacial score (nSPS) is 15.9. The van der Waals surface area contributed by atoms with E-state index in [0.717, 1.165) is 11.5 Å². The number of nitrogens with zero attached hydrogens (tertiary/aromatic N) is 3. The molecule has 1 aromatic heterocycles. The molecule has 1 N–H and O–H groups in total. The zero-order valence-corrected chi connectivity index (χ0v) is 22.5. The van der Waals surface area contributed by atoms with Crippen molar-refractivity contribution in [3.05, 3.63) is 83.0 Å². The molecular formula is C30H32N4O3S. The van der Waals surface area contributed by atoms with Crippen LogP contribution < -0.4 is 10.2 Å². The molecule has 2 aliphatic carbocycles.